The number of aromatic nitrogens is 4. The minimum Gasteiger partial charge on any atom is -0.391 e. The molecule has 2 N–H and O–H groups in total. The molecule has 1 saturated carbocycles. The van der Waals surface area contributed by atoms with Crippen molar-refractivity contribution in [3.63, 3.8) is 0 Å². The number of nitrogens with one attached hydrogen (secondary N) is 1. The van der Waals surface area contributed by atoms with Crippen LogP contribution >= 0.6 is 0 Å². The standard InChI is InChI=1S/C22H29N5O4S/c1-13(2)27-22(23-21(24-27)16-8-6-5-7-9-16)17-10-11-19(28)18(12-17)26-32(29,30)20-14(3)25-31-15(20)4/h5-9,13,17-19,26,28H,10-12H2,1-4H3/t17-,18+,19+/m0/s1. The van der Waals surface area contributed by atoms with Gasteiger partial charge in [-0.15, -0.1) is 0 Å². The van der Waals surface area contributed by atoms with Gasteiger partial charge in [-0.1, -0.05) is 35.5 Å². The van der Waals surface area contributed by atoms with E-state index in [4.69, 9.17) is 14.6 Å². The third-order valence-corrected chi connectivity index (χ3v) is 7.63. The summed E-state index contributed by atoms with van der Waals surface area (Å²) in [5.41, 5.74) is 1.23. The second-order valence-corrected chi connectivity index (χ2v) is 10.3. The first-order valence-corrected chi connectivity index (χ1v) is 12.3. The first-order valence-electron chi connectivity index (χ1n) is 10.8. The Morgan fingerprint density at radius 3 is 2.53 bits per heavy atom. The molecule has 32 heavy (non-hydrogen) atoms. The second kappa shape index (κ2) is 8.76. The molecule has 2 aromatic heterocycles. The van der Waals surface area contributed by atoms with Crippen LogP contribution in [0.5, 0.6) is 0 Å². The van der Waals surface area contributed by atoms with E-state index in [-0.39, 0.29) is 22.6 Å². The van der Waals surface area contributed by atoms with Crippen LogP contribution in [0.2, 0.25) is 0 Å². The largest absolute Gasteiger partial charge is 0.391 e. The molecule has 3 atom stereocenters. The molecule has 0 bridgehead atoms. The van der Waals surface area contributed by atoms with Gasteiger partial charge in [0.25, 0.3) is 0 Å². The Hall–Kier alpha value is -2.56. The van der Waals surface area contributed by atoms with Gasteiger partial charge in [0.1, 0.15) is 16.4 Å². The van der Waals surface area contributed by atoms with Crippen LogP contribution in [0.25, 0.3) is 11.4 Å². The lowest BCUT2D eigenvalue weighted by Crippen LogP contribution is -2.47. The van der Waals surface area contributed by atoms with Crippen molar-refractivity contribution < 1.29 is 18.0 Å². The van der Waals surface area contributed by atoms with Crippen molar-refractivity contribution in [2.45, 2.75) is 76.0 Å². The molecular weight excluding hydrogens is 430 g/mol. The van der Waals surface area contributed by atoms with Crippen LogP contribution in [-0.2, 0) is 10.0 Å². The summed E-state index contributed by atoms with van der Waals surface area (Å²) in [6, 6.07) is 9.22. The molecular formula is C22H29N5O4S. The summed E-state index contributed by atoms with van der Waals surface area (Å²) in [5, 5.41) is 19.0. The maximum Gasteiger partial charge on any atom is 0.246 e. The molecule has 0 radical (unpaired) electrons. The highest BCUT2D eigenvalue weighted by Gasteiger charge is 2.37. The van der Waals surface area contributed by atoms with Gasteiger partial charge in [-0.3, -0.25) is 0 Å². The highest BCUT2D eigenvalue weighted by Crippen LogP contribution is 2.35. The van der Waals surface area contributed by atoms with Crippen LogP contribution in [0, 0.1) is 13.8 Å². The van der Waals surface area contributed by atoms with E-state index in [0.717, 1.165) is 11.4 Å². The fourth-order valence-corrected chi connectivity index (χ4v) is 5.95. The van der Waals surface area contributed by atoms with Gasteiger partial charge in [0.15, 0.2) is 11.6 Å². The number of aliphatic hydroxyl groups excluding tert-OH is 1. The summed E-state index contributed by atoms with van der Waals surface area (Å²) in [6.07, 6.45) is 0.796. The second-order valence-electron chi connectivity index (χ2n) is 8.66. The minimum atomic E-state index is -3.89. The maximum atomic E-state index is 13.0. The zero-order chi connectivity index (χ0) is 23.0. The summed E-state index contributed by atoms with van der Waals surface area (Å²) < 4.78 is 35.6. The monoisotopic (exact) mass is 459 g/mol. The lowest BCUT2D eigenvalue weighted by Gasteiger charge is -2.33. The predicted octanol–water partition coefficient (Wildman–Crippen LogP) is 3.11. The lowest BCUT2D eigenvalue weighted by atomic mass is 9.83. The molecule has 1 fully saturated rings. The van der Waals surface area contributed by atoms with Crippen LogP contribution in [0.1, 0.15) is 62.3 Å². The number of benzene rings is 1. The van der Waals surface area contributed by atoms with Crippen LogP contribution in [0.4, 0.5) is 0 Å². The summed E-state index contributed by atoms with van der Waals surface area (Å²) in [7, 11) is -3.89. The zero-order valence-corrected chi connectivity index (χ0v) is 19.5. The van der Waals surface area contributed by atoms with Gasteiger partial charge in [-0.2, -0.15) is 5.10 Å². The van der Waals surface area contributed by atoms with E-state index >= 15 is 0 Å². The number of hydrogen-bond donors (Lipinski definition) is 2. The third-order valence-electron chi connectivity index (χ3n) is 5.90. The minimum absolute atomic E-state index is 0.0311. The van der Waals surface area contributed by atoms with Gasteiger partial charge in [0.2, 0.25) is 10.0 Å². The molecule has 1 aliphatic carbocycles. The van der Waals surface area contributed by atoms with Gasteiger partial charge in [0.05, 0.1) is 6.10 Å². The summed E-state index contributed by atoms with van der Waals surface area (Å²) in [4.78, 5) is 4.86. The molecule has 172 valence electrons. The average Bonchev–Trinajstić information content (AvgIpc) is 3.34. The van der Waals surface area contributed by atoms with E-state index < -0.39 is 22.2 Å². The molecule has 1 aliphatic rings. The third kappa shape index (κ3) is 4.35. The Morgan fingerprint density at radius 2 is 1.91 bits per heavy atom. The smallest absolute Gasteiger partial charge is 0.246 e. The van der Waals surface area contributed by atoms with E-state index in [2.05, 4.69) is 9.88 Å². The van der Waals surface area contributed by atoms with E-state index in [1.54, 1.807) is 13.8 Å². The molecule has 9 nitrogen and oxygen atoms in total. The summed E-state index contributed by atoms with van der Waals surface area (Å²) >= 11 is 0. The molecule has 0 aliphatic heterocycles. The summed E-state index contributed by atoms with van der Waals surface area (Å²) in [5.74, 6) is 1.65. The summed E-state index contributed by atoms with van der Waals surface area (Å²) in [6.45, 7) is 7.23. The van der Waals surface area contributed by atoms with Gasteiger partial charge in [-0.05, 0) is 47.0 Å². The normalized spacial score (nSPS) is 21.9. The molecule has 4 rings (SSSR count). The first-order chi connectivity index (χ1) is 15.2. The van der Waals surface area contributed by atoms with E-state index in [1.807, 2.05) is 48.9 Å². The number of aryl methyl sites for hydroxylation is 2. The molecule has 0 unspecified atom stereocenters. The Morgan fingerprint density at radius 1 is 1.19 bits per heavy atom. The topological polar surface area (TPSA) is 123 Å². The number of hydrogen-bond acceptors (Lipinski definition) is 7. The van der Waals surface area contributed by atoms with Crippen LogP contribution in [0.15, 0.2) is 39.8 Å². The Kier molecular flexibility index (Phi) is 6.19. The Bertz CT molecular complexity index is 1170. The molecule has 2 heterocycles. The highest BCUT2D eigenvalue weighted by molar-refractivity contribution is 7.89. The number of sulfonamides is 1. The molecule has 1 aromatic carbocycles. The molecule has 3 aromatic rings. The number of rotatable bonds is 6. The highest BCUT2D eigenvalue weighted by atomic mass is 32.2. The Labute approximate surface area is 187 Å². The van der Waals surface area contributed by atoms with Crippen molar-refractivity contribution in [3.05, 3.63) is 47.6 Å². The number of nitrogens with zero attached hydrogens (tertiary/aromatic N) is 4. The van der Waals surface area contributed by atoms with Crippen LogP contribution < -0.4 is 4.72 Å². The first kappa shape index (κ1) is 22.6. The zero-order valence-electron chi connectivity index (χ0n) is 18.7. The van der Waals surface area contributed by atoms with Gasteiger partial charge >= 0.3 is 0 Å². The van der Waals surface area contributed by atoms with Crippen molar-refractivity contribution >= 4 is 10.0 Å². The van der Waals surface area contributed by atoms with Crippen molar-refractivity contribution in [1.82, 2.24) is 24.6 Å². The molecule has 10 heteroatoms. The van der Waals surface area contributed by atoms with Gasteiger partial charge in [-0.25, -0.2) is 22.8 Å². The van der Waals surface area contributed by atoms with Gasteiger partial charge < -0.3 is 9.63 Å². The fraction of sp³-hybridized carbons (Fsp3) is 0.500. The maximum absolute atomic E-state index is 13.0. The van der Waals surface area contributed by atoms with Crippen LogP contribution in [0.3, 0.4) is 0 Å². The number of aliphatic hydroxyl groups is 1. The molecule has 0 spiro atoms. The van der Waals surface area contributed by atoms with Crippen molar-refractivity contribution in [1.29, 1.82) is 0 Å². The SMILES string of the molecule is Cc1noc(C)c1S(=O)(=O)N[C@@H]1C[C@@H](c2nc(-c3ccccc3)nn2C(C)C)CC[C@H]1O. The fourth-order valence-electron chi connectivity index (χ4n) is 4.34. The van der Waals surface area contributed by atoms with Crippen molar-refractivity contribution in [3.8, 4) is 11.4 Å². The molecule has 0 amide bonds. The van der Waals surface area contributed by atoms with E-state index in [9.17, 15) is 13.5 Å². The van der Waals surface area contributed by atoms with Crippen LogP contribution in [-0.4, -0.2) is 45.6 Å². The Balaban J connectivity index is 1.62. The van der Waals surface area contributed by atoms with E-state index in [1.165, 1.54) is 0 Å². The average molecular weight is 460 g/mol. The lowest BCUT2D eigenvalue weighted by molar-refractivity contribution is 0.0912. The van der Waals surface area contributed by atoms with Gasteiger partial charge in [0, 0.05) is 23.6 Å². The molecule has 0 saturated heterocycles. The van der Waals surface area contributed by atoms with E-state index in [0.29, 0.717) is 30.8 Å². The predicted molar refractivity (Wildman–Crippen MR) is 119 cm³/mol. The van der Waals surface area contributed by atoms with Crippen molar-refractivity contribution in [2.75, 3.05) is 0 Å². The quantitative estimate of drug-likeness (QED) is 0.580. The van der Waals surface area contributed by atoms with Crippen molar-refractivity contribution in [2.24, 2.45) is 0 Å².